The average molecular weight is 273 g/mol. The van der Waals surface area contributed by atoms with Crippen molar-refractivity contribution in [2.75, 3.05) is 6.54 Å². The second kappa shape index (κ2) is 5.33. The molecule has 1 aromatic carbocycles. The van der Waals surface area contributed by atoms with E-state index in [4.69, 9.17) is 0 Å². The number of benzene rings is 1. The Morgan fingerprint density at radius 3 is 3.00 bits per heavy atom. The molecule has 19 heavy (non-hydrogen) atoms. The van der Waals surface area contributed by atoms with Gasteiger partial charge in [-0.1, -0.05) is 19.1 Å². The number of hydrogen-bond acceptors (Lipinski definition) is 2. The summed E-state index contributed by atoms with van der Waals surface area (Å²) >= 11 is 1.80. The molecule has 0 atom stereocenters. The maximum Gasteiger partial charge on any atom is 0.223 e. The summed E-state index contributed by atoms with van der Waals surface area (Å²) in [5.41, 5.74) is 2.75. The van der Waals surface area contributed by atoms with Gasteiger partial charge in [-0.25, -0.2) is 0 Å². The Morgan fingerprint density at radius 1 is 1.42 bits per heavy atom. The normalized spacial score (nSPS) is 14.8. The van der Waals surface area contributed by atoms with Crippen LogP contribution in [-0.2, 0) is 17.6 Å². The van der Waals surface area contributed by atoms with Crippen LogP contribution in [0, 0.1) is 5.92 Å². The number of fused-ring (bicyclic) bond motifs is 1. The Kier molecular flexibility index (Phi) is 3.56. The van der Waals surface area contributed by atoms with Crippen molar-refractivity contribution in [1.29, 1.82) is 0 Å². The van der Waals surface area contributed by atoms with Crippen LogP contribution in [0.5, 0.6) is 0 Å². The molecular formula is C16H19NOS. The first-order chi connectivity index (χ1) is 9.28. The van der Waals surface area contributed by atoms with Crippen molar-refractivity contribution in [3.63, 3.8) is 0 Å². The summed E-state index contributed by atoms with van der Waals surface area (Å²) in [4.78, 5) is 11.6. The van der Waals surface area contributed by atoms with Crippen LogP contribution in [0.15, 0.2) is 23.6 Å². The SMILES string of the molecule is CCc1ccc2scc(CCNC(=O)C3CC3)c2c1. The lowest BCUT2D eigenvalue weighted by molar-refractivity contribution is -0.122. The van der Waals surface area contributed by atoms with Gasteiger partial charge in [0.25, 0.3) is 0 Å². The molecule has 0 bridgehead atoms. The number of hydrogen-bond donors (Lipinski definition) is 1. The van der Waals surface area contributed by atoms with E-state index >= 15 is 0 Å². The van der Waals surface area contributed by atoms with Crippen LogP contribution in [0.1, 0.15) is 30.9 Å². The highest BCUT2D eigenvalue weighted by Gasteiger charge is 2.29. The van der Waals surface area contributed by atoms with E-state index in [0.29, 0.717) is 5.92 Å². The molecule has 1 heterocycles. The molecule has 3 rings (SSSR count). The van der Waals surface area contributed by atoms with Crippen molar-refractivity contribution in [1.82, 2.24) is 5.32 Å². The molecule has 0 saturated heterocycles. The molecule has 1 N–H and O–H groups in total. The summed E-state index contributed by atoms with van der Waals surface area (Å²) in [6.07, 6.45) is 4.16. The summed E-state index contributed by atoms with van der Waals surface area (Å²) in [5, 5.41) is 6.64. The molecule has 2 aromatic rings. The second-order valence-electron chi connectivity index (χ2n) is 5.26. The Balaban J connectivity index is 1.67. The highest BCUT2D eigenvalue weighted by atomic mass is 32.1. The van der Waals surface area contributed by atoms with Crippen LogP contribution in [-0.4, -0.2) is 12.5 Å². The topological polar surface area (TPSA) is 29.1 Å². The van der Waals surface area contributed by atoms with Crippen LogP contribution in [0.25, 0.3) is 10.1 Å². The van der Waals surface area contributed by atoms with Gasteiger partial charge >= 0.3 is 0 Å². The largest absolute Gasteiger partial charge is 0.356 e. The molecule has 0 spiro atoms. The summed E-state index contributed by atoms with van der Waals surface area (Å²) in [5.74, 6) is 0.555. The van der Waals surface area contributed by atoms with Crippen molar-refractivity contribution in [3.8, 4) is 0 Å². The number of nitrogens with one attached hydrogen (secondary N) is 1. The van der Waals surface area contributed by atoms with Crippen molar-refractivity contribution >= 4 is 27.3 Å². The zero-order chi connectivity index (χ0) is 13.2. The molecule has 1 saturated carbocycles. The van der Waals surface area contributed by atoms with E-state index in [9.17, 15) is 4.79 Å². The van der Waals surface area contributed by atoms with Gasteiger partial charge in [-0.2, -0.15) is 0 Å². The zero-order valence-electron chi connectivity index (χ0n) is 11.2. The van der Waals surface area contributed by atoms with Gasteiger partial charge in [0.15, 0.2) is 0 Å². The third kappa shape index (κ3) is 2.81. The Labute approximate surface area is 117 Å². The van der Waals surface area contributed by atoms with Crippen LogP contribution in [0.2, 0.25) is 0 Å². The third-order valence-electron chi connectivity index (χ3n) is 3.77. The molecule has 0 aliphatic heterocycles. The fourth-order valence-electron chi connectivity index (χ4n) is 2.35. The minimum Gasteiger partial charge on any atom is -0.356 e. The van der Waals surface area contributed by atoms with Crippen LogP contribution in [0.4, 0.5) is 0 Å². The number of thiophene rings is 1. The van der Waals surface area contributed by atoms with E-state index in [-0.39, 0.29) is 5.91 Å². The molecule has 0 radical (unpaired) electrons. The highest BCUT2D eigenvalue weighted by Crippen LogP contribution is 2.29. The lowest BCUT2D eigenvalue weighted by atomic mass is 10.1. The van der Waals surface area contributed by atoms with Crippen molar-refractivity contribution in [2.24, 2.45) is 5.92 Å². The Hall–Kier alpha value is -1.35. The van der Waals surface area contributed by atoms with Gasteiger partial charge in [-0.3, -0.25) is 4.79 Å². The molecule has 0 unspecified atom stereocenters. The number of aryl methyl sites for hydroxylation is 1. The summed E-state index contributed by atoms with van der Waals surface area (Å²) in [6.45, 7) is 2.95. The monoisotopic (exact) mass is 273 g/mol. The fourth-order valence-corrected chi connectivity index (χ4v) is 3.33. The van der Waals surface area contributed by atoms with Gasteiger partial charge < -0.3 is 5.32 Å². The highest BCUT2D eigenvalue weighted by molar-refractivity contribution is 7.17. The first-order valence-corrected chi connectivity index (χ1v) is 7.92. The molecule has 2 nitrogen and oxygen atoms in total. The number of rotatable bonds is 5. The first-order valence-electron chi connectivity index (χ1n) is 7.04. The van der Waals surface area contributed by atoms with Crippen molar-refractivity contribution in [3.05, 3.63) is 34.7 Å². The average Bonchev–Trinajstić information content (AvgIpc) is 3.21. The molecule has 100 valence electrons. The molecule has 1 aromatic heterocycles. The quantitative estimate of drug-likeness (QED) is 0.887. The van der Waals surface area contributed by atoms with Gasteiger partial charge in [0.2, 0.25) is 5.91 Å². The number of carbonyl (C=O) groups is 1. The molecule has 1 amide bonds. The molecule has 1 aliphatic rings. The van der Waals surface area contributed by atoms with E-state index in [2.05, 4.69) is 35.8 Å². The van der Waals surface area contributed by atoms with Crippen LogP contribution in [0.3, 0.4) is 0 Å². The molecule has 1 fully saturated rings. The second-order valence-corrected chi connectivity index (χ2v) is 6.17. The maximum absolute atomic E-state index is 11.6. The lowest BCUT2D eigenvalue weighted by Crippen LogP contribution is -2.26. The van der Waals surface area contributed by atoms with Crippen molar-refractivity contribution in [2.45, 2.75) is 32.6 Å². The van der Waals surface area contributed by atoms with Gasteiger partial charge in [0.05, 0.1) is 0 Å². The van der Waals surface area contributed by atoms with Crippen molar-refractivity contribution < 1.29 is 4.79 Å². The van der Waals surface area contributed by atoms with E-state index in [1.54, 1.807) is 11.3 Å². The Bertz CT molecular complexity index is 598. The smallest absolute Gasteiger partial charge is 0.223 e. The molecule has 1 aliphatic carbocycles. The number of carbonyl (C=O) groups excluding carboxylic acids is 1. The first kappa shape index (κ1) is 12.7. The summed E-state index contributed by atoms with van der Waals surface area (Å²) < 4.78 is 1.35. The number of amides is 1. The standard InChI is InChI=1S/C16H19NOS/c1-2-11-3-6-15-14(9-11)13(10-19-15)7-8-17-16(18)12-4-5-12/h3,6,9-10,12H,2,4-5,7-8H2,1H3,(H,17,18). The van der Waals surface area contributed by atoms with Gasteiger partial charge in [0, 0.05) is 17.2 Å². The Morgan fingerprint density at radius 2 is 2.26 bits per heavy atom. The van der Waals surface area contributed by atoms with Gasteiger partial charge in [0.1, 0.15) is 0 Å². The maximum atomic E-state index is 11.6. The third-order valence-corrected chi connectivity index (χ3v) is 4.78. The fraction of sp³-hybridized carbons (Fsp3) is 0.438. The minimum atomic E-state index is 0.244. The van der Waals surface area contributed by atoms with E-state index in [1.165, 1.54) is 21.2 Å². The minimum absolute atomic E-state index is 0.244. The van der Waals surface area contributed by atoms with Crippen LogP contribution >= 0.6 is 11.3 Å². The predicted octanol–water partition coefficient (Wildman–Crippen LogP) is 3.53. The predicted molar refractivity (Wildman–Crippen MR) is 80.6 cm³/mol. The summed E-state index contributed by atoms with van der Waals surface area (Å²) in [7, 11) is 0. The van der Waals surface area contributed by atoms with Gasteiger partial charge in [-0.05, 0) is 53.6 Å². The van der Waals surface area contributed by atoms with E-state index in [0.717, 1.165) is 32.2 Å². The van der Waals surface area contributed by atoms with E-state index < -0.39 is 0 Å². The zero-order valence-corrected chi connectivity index (χ0v) is 12.1. The molecule has 3 heteroatoms. The molecular weight excluding hydrogens is 254 g/mol. The van der Waals surface area contributed by atoms with E-state index in [1.807, 2.05) is 0 Å². The van der Waals surface area contributed by atoms with Crippen LogP contribution < -0.4 is 5.32 Å². The summed E-state index contributed by atoms with van der Waals surface area (Å²) in [6, 6.07) is 6.71. The lowest BCUT2D eigenvalue weighted by Gasteiger charge is -2.04. The van der Waals surface area contributed by atoms with Gasteiger partial charge in [-0.15, -0.1) is 11.3 Å².